The molecule has 0 aromatic heterocycles. The summed E-state index contributed by atoms with van der Waals surface area (Å²) in [4.78, 5) is 12.3. The number of anilines is 1. The van der Waals surface area contributed by atoms with Gasteiger partial charge in [-0.1, -0.05) is 18.2 Å². The first-order chi connectivity index (χ1) is 11.5. The quantitative estimate of drug-likeness (QED) is 0.813. The van der Waals surface area contributed by atoms with E-state index in [9.17, 15) is 4.79 Å². The third-order valence-electron chi connectivity index (χ3n) is 4.52. The van der Waals surface area contributed by atoms with Gasteiger partial charge in [0.05, 0.1) is 6.04 Å². The van der Waals surface area contributed by atoms with Crippen LogP contribution in [-0.4, -0.2) is 12.5 Å². The molecule has 0 spiro atoms. The van der Waals surface area contributed by atoms with Gasteiger partial charge in [0.2, 0.25) is 0 Å². The zero-order valence-electron chi connectivity index (χ0n) is 14.7. The predicted molar refractivity (Wildman–Crippen MR) is 103 cm³/mol. The number of nitrogen functional groups attached to an aromatic ring is 1. The average molecular weight is 361 g/mol. The number of carbonyl (C=O) groups is 1. The summed E-state index contributed by atoms with van der Waals surface area (Å²) in [6.45, 7) is 4.02. The van der Waals surface area contributed by atoms with Crippen molar-refractivity contribution >= 4 is 24.0 Å². The van der Waals surface area contributed by atoms with Crippen molar-refractivity contribution in [2.75, 3.05) is 12.3 Å². The third-order valence-corrected chi connectivity index (χ3v) is 4.52. The molecule has 0 aliphatic heterocycles. The van der Waals surface area contributed by atoms with Gasteiger partial charge in [-0.3, -0.25) is 4.79 Å². The summed E-state index contributed by atoms with van der Waals surface area (Å²) in [7, 11) is 0. The summed E-state index contributed by atoms with van der Waals surface area (Å²) in [5.41, 5.74) is 11.2. The number of nitrogens with one attached hydrogen (secondary N) is 1. The Kier molecular flexibility index (Phi) is 6.32. The van der Waals surface area contributed by atoms with E-state index >= 15 is 0 Å². The molecule has 1 aliphatic carbocycles. The number of fused-ring (bicyclic) bond motifs is 1. The normalized spacial score (nSPS) is 15.7. The number of hydrogen-bond donors (Lipinski definition) is 2. The molecule has 1 amide bonds. The molecule has 3 N–H and O–H groups in total. The standard InChI is InChI=1S/C20H24N2O2.ClH/c1-13-6-7-14(2)19(10-13)24-12-20(23)22-18-5-3-4-15-11-16(21)8-9-17(15)18;/h6-11,18H,3-5,12,21H2,1-2H3,(H,22,23);1H. The Morgan fingerprint density at radius 2 is 2.04 bits per heavy atom. The number of ether oxygens (including phenoxy) is 1. The molecular formula is C20H25ClN2O2. The molecule has 0 saturated heterocycles. The lowest BCUT2D eigenvalue weighted by atomic mass is 9.87. The molecule has 0 bridgehead atoms. The molecule has 1 unspecified atom stereocenters. The van der Waals surface area contributed by atoms with Gasteiger partial charge in [-0.15, -0.1) is 12.4 Å². The van der Waals surface area contributed by atoms with Gasteiger partial charge in [-0.2, -0.15) is 0 Å². The maximum absolute atomic E-state index is 12.3. The Labute approximate surface area is 155 Å². The largest absolute Gasteiger partial charge is 0.483 e. The summed E-state index contributed by atoms with van der Waals surface area (Å²) < 4.78 is 5.70. The highest BCUT2D eigenvalue weighted by molar-refractivity contribution is 5.85. The molecule has 1 atom stereocenters. The SMILES string of the molecule is Cc1ccc(C)c(OCC(=O)NC2CCCc3cc(N)ccc32)c1.Cl. The van der Waals surface area contributed by atoms with E-state index in [1.54, 1.807) is 0 Å². The van der Waals surface area contributed by atoms with Gasteiger partial charge in [-0.05, 0) is 73.6 Å². The number of nitrogens with two attached hydrogens (primary N) is 1. The first-order valence-electron chi connectivity index (χ1n) is 8.40. The minimum absolute atomic E-state index is 0. The van der Waals surface area contributed by atoms with Crippen LogP contribution in [0.3, 0.4) is 0 Å². The molecular weight excluding hydrogens is 336 g/mol. The molecule has 1 aliphatic rings. The van der Waals surface area contributed by atoms with Gasteiger partial charge in [0.25, 0.3) is 5.91 Å². The molecule has 3 rings (SSSR count). The predicted octanol–water partition coefficient (Wildman–Crippen LogP) is 3.88. The maximum atomic E-state index is 12.3. The van der Waals surface area contributed by atoms with Crippen LogP contribution in [0.2, 0.25) is 0 Å². The lowest BCUT2D eigenvalue weighted by Gasteiger charge is -2.26. The van der Waals surface area contributed by atoms with Crippen LogP contribution in [0.1, 0.15) is 41.1 Å². The molecule has 2 aromatic rings. The number of hydrogen-bond acceptors (Lipinski definition) is 3. The van der Waals surface area contributed by atoms with Crippen molar-refractivity contribution in [3.63, 3.8) is 0 Å². The van der Waals surface area contributed by atoms with Gasteiger partial charge < -0.3 is 15.8 Å². The smallest absolute Gasteiger partial charge is 0.258 e. The zero-order chi connectivity index (χ0) is 17.1. The van der Waals surface area contributed by atoms with Crippen molar-refractivity contribution < 1.29 is 9.53 Å². The summed E-state index contributed by atoms with van der Waals surface area (Å²) in [5, 5.41) is 3.09. The van der Waals surface area contributed by atoms with Crippen LogP contribution in [0, 0.1) is 13.8 Å². The number of carbonyl (C=O) groups excluding carboxylic acids is 1. The highest BCUT2D eigenvalue weighted by atomic mass is 35.5. The van der Waals surface area contributed by atoms with E-state index in [0.29, 0.717) is 0 Å². The summed E-state index contributed by atoms with van der Waals surface area (Å²) in [6.07, 6.45) is 3.02. The zero-order valence-corrected chi connectivity index (χ0v) is 15.5. The second kappa shape index (κ2) is 8.26. The minimum Gasteiger partial charge on any atom is -0.483 e. The highest BCUT2D eigenvalue weighted by Gasteiger charge is 2.22. The fourth-order valence-electron chi connectivity index (χ4n) is 3.23. The molecule has 0 radical (unpaired) electrons. The van der Waals surface area contributed by atoms with Crippen LogP contribution >= 0.6 is 12.4 Å². The average Bonchev–Trinajstić information content (AvgIpc) is 2.55. The first kappa shape index (κ1) is 19.1. The van der Waals surface area contributed by atoms with Crippen molar-refractivity contribution in [2.45, 2.75) is 39.2 Å². The van der Waals surface area contributed by atoms with Crippen LogP contribution in [-0.2, 0) is 11.2 Å². The third kappa shape index (κ3) is 4.67. The molecule has 5 heteroatoms. The van der Waals surface area contributed by atoms with Crippen molar-refractivity contribution in [3.05, 3.63) is 58.7 Å². The lowest BCUT2D eigenvalue weighted by Crippen LogP contribution is -2.34. The van der Waals surface area contributed by atoms with E-state index in [0.717, 1.165) is 41.8 Å². The minimum atomic E-state index is -0.0921. The summed E-state index contributed by atoms with van der Waals surface area (Å²) in [6, 6.07) is 12.0. The Morgan fingerprint density at radius 1 is 1.24 bits per heavy atom. The molecule has 4 nitrogen and oxygen atoms in total. The number of halogens is 1. The van der Waals surface area contributed by atoms with E-state index in [-0.39, 0.29) is 31.0 Å². The van der Waals surface area contributed by atoms with Crippen LogP contribution < -0.4 is 15.8 Å². The van der Waals surface area contributed by atoms with Crippen LogP contribution in [0.5, 0.6) is 5.75 Å². The van der Waals surface area contributed by atoms with E-state index in [1.165, 1.54) is 11.1 Å². The monoisotopic (exact) mass is 360 g/mol. The van der Waals surface area contributed by atoms with Crippen LogP contribution in [0.25, 0.3) is 0 Å². The van der Waals surface area contributed by atoms with Gasteiger partial charge in [0.1, 0.15) is 5.75 Å². The maximum Gasteiger partial charge on any atom is 0.258 e. The summed E-state index contributed by atoms with van der Waals surface area (Å²) >= 11 is 0. The topological polar surface area (TPSA) is 64.3 Å². The Hall–Kier alpha value is -2.20. The van der Waals surface area contributed by atoms with Gasteiger partial charge in [-0.25, -0.2) is 0 Å². The fourth-order valence-corrected chi connectivity index (χ4v) is 3.23. The van der Waals surface area contributed by atoms with Gasteiger partial charge >= 0.3 is 0 Å². The first-order valence-corrected chi connectivity index (χ1v) is 8.40. The number of benzene rings is 2. The molecule has 0 fully saturated rings. The lowest BCUT2D eigenvalue weighted by molar-refractivity contribution is -0.124. The van der Waals surface area contributed by atoms with Crippen molar-refractivity contribution in [1.29, 1.82) is 0 Å². The highest BCUT2D eigenvalue weighted by Crippen LogP contribution is 2.31. The molecule has 134 valence electrons. The molecule has 0 saturated carbocycles. The molecule has 2 aromatic carbocycles. The number of rotatable bonds is 4. The van der Waals surface area contributed by atoms with E-state index in [1.807, 2.05) is 50.2 Å². The van der Waals surface area contributed by atoms with E-state index in [4.69, 9.17) is 10.5 Å². The number of aryl methyl sites for hydroxylation is 3. The Balaban J connectivity index is 0.00000225. The van der Waals surface area contributed by atoms with Crippen molar-refractivity contribution in [1.82, 2.24) is 5.32 Å². The second-order valence-corrected chi connectivity index (χ2v) is 6.53. The van der Waals surface area contributed by atoms with Gasteiger partial charge in [0, 0.05) is 5.69 Å². The van der Waals surface area contributed by atoms with Crippen molar-refractivity contribution in [2.24, 2.45) is 0 Å². The second-order valence-electron chi connectivity index (χ2n) is 6.53. The number of amides is 1. The molecule has 0 heterocycles. The van der Waals surface area contributed by atoms with E-state index < -0.39 is 0 Å². The Morgan fingerprint density at radius 3 is 2.84 bits per heavy atom. The van der Waals surface area contributed by atoms with Crippen LogP contribution in [0.4, 0.5) is 5.69 Å². The van der Waals surface area contributed by atoms with E-state index in [2.05, 4.69) is 5.32 Å². The van der Waals surface area contributed by atoms with Gasteiger partial charge in [0.15, 0.2) is 6.61 Å². The fraction of sp³-hybridized carbons (Fsp3) is 0.350. The Bertz CT molecular complexity index is 761. The molecule has 25 heavy (non-hydrogen) atoms. The summed E-state index contributed by atoms with van der Waals surface area (Å²) in [5.74, 6) is 0.674. The van der Waals surface area contributed by atoms with Crippen molar-refractivity contribution in [3.8, 4) is 5.75 Å². The van der Waals surface area contributed by atoms with Crippen LogP contribution in [0.15, 0.2) is 36.4 Å².